The van der Waals surface area contributed by atoms with Gasteiger partial charge in [0.05, 0.1) is 17.1 Å². The summed E-state index contributed by atoms with van der Waals surface area (Å²) in [6.07, 6.45) is 0. The topological polar surface area (TPSA) is 49.4 Å². The summed E-state index contributed by atoms with van der Waals surface area (Å²) in [7, 11) is 3.65. The molecule has 6 heteroatoms. The molecule has 4 nitrogen and oxygen atoms in total. The van der Waals surface area contributed by atoms with E-state index in [4.69, 9.17) is 23.2 Å². The van der Waals surface area contributed by atoms with Gasteiger partial charge in [0.2, 0.25) is 0 Å². The Balaban J connectivity index is 2.17. The van der Waals surface area contributed by atoms with Crippen LogP contribution in [0, 0.1) is 0 Å². The summed E-state index contributed by atoms with van der Waals surface area (Å²) in [4.78, 5) is 26.1. The summed E-state index contributed by atoms with van der Waals surface area (Å²) in [5, 5.41) is 3.47. The number of benzene rings is 2. The summed E-state index contributed by atoms with van der Waals surface area (Å²) >= 11 is 11.8. The van der Waals surface area contributed by atoms with Gasteiger partial charge in [0, 0.05) is 16.3 Å². The highest BCUT2D eigenvalue weighted by molar-refractivity contribution is 6.37. The summed E-state index contributed by atoms with van der Waals surface area (Å²) < 4.78 is 0. The number of nitrogens with zero attached hydrogens (tertiary/aromatic N) is 1. The molecule has 2 aromatic carbocycles. The molecule has 1 N–H and O–H groups in total. The van der Waals surface area contributed by atoms with Crippen molar-refractivity contribution in [2.24, 2.45) is 0 Å². The largest absolute Gasteiger partial charge is 0.322 e. The molecular formula is C17H16Cl2N2O2. The zero-order valence-corrected chi connectivity index (χ0v) is 14.3. The molecule has 0 spiro atoms. The van der Waals surface area contributed by atoms with Crippen molar-refractivity contribution in [3.63, 3.8) is 0 Å². The van der Waals surface area contributed by atoms with E-state index in [9.17, 15) is 9.59 Å². The molecule has 1 amide bonds. The van der Waals surface area contributed by atoms with Crippen molar-refractivity contribution < 1.29 is 9.59 Å². The van der Waals surface area contributed by atoms with Gasteiger partial charge in [0.25, 0.3) is 5.91 Å². The lowest BCUT2D eigenvalue weighted by atomic mass is 10.1. The second-order valence-electron chi connectivity index (χ2n) is 5.32. The minimum atomic E-state index is -0.358. The Bertz CT molecular complexity index is 745. The van der Waals surface area contributed by atoms with Gasteiger partial charge >= 0.3 is 0 Å². The second kappa shape index (κ2) is 7.59. The number of carbonyl (C=O) groups is 2. The molecule has 0 aliphatic heterocycles. The third-order valence-corrected chi connectivity index (χ3v) is 3.63. The van der Waals surface area contributed by atoms with Crippen LogP contribution < -0.4 is 5.32 Å². The minimum Gasteiger partial charge on any atom is -0.322 e. The maximum atomic E-state index is 12.3. The number of hydrogen-bond donors (Lipinski definition) is 1. The van der Waals surface area contributed by atoms with Crippen molar-refractivity contribution >= 4 is 40.6 Å². The summed E-state index contributed by atoms with van der Waals surface area (Å²) in [5.74, 6) is -0.375. The highest BCUT2D eigenvalue weighted by atomic mass is 35.5. The summed E-state index contributed by atoms with van der Waals surface area (Å²) in [6.45, 7) is 0.306. The Hall–Kier alpha value is -1.88. The Kier molecular flexibility index (Phi) is 5.77. The molecule has 0 fully saturated rings. The predicted octanol–water partition coefficient (Wildman–Crippen LogP) is 3.99. The SMILES string of the molecule is CN(C)CC(=O)c1cccc(NC(=O)c2ccc(Cl)cc2Cl)c1. The molecular weight excluding hydrogens is 335 g/mol. The van der Waals surface area contributed by atoms with E-state index in [-0.39, 0.29) is 16.7 Å². The van der Waals surface area contributed by atoms with Crippen LogP contribution in [0.5, 0.6) is 0 Å². The maximum absolute atomic E-state index is 12.3. The summed E-state index contributed by atoms with van der Waals surface area (Å²) in [5.41, 5.74) is 1.39. The first-order valence-corrected chi connectivity index (χ1v) is 7.67. The average molecular weight is 351 g/mol. The molecule has 0 radical (unpaired) electrons. The van der Waals surface area contributed by atoms with E-state index >= 15 is 0 Å². The molecule has 0 atom stereocenters. The van der Waals surface area contributed by atoms with Crippen LogP contribution in [0.1, 0.15) is 20.7 Å². The number of carbonyl (C=O) groups excluding carboxylic acids is 2. The zero-order chi connectivity index (χ0) is 17.0. The second-order valence-corrected chi connectivity index (χ2v) is 6.16. The molecule has 0 bridgehead atoms. The zero-order valence-electron chi connectivity index (χ0n) is 12.8. The highest BCUT2D eigenvalue weighted by Crippen LogP contribution is 2.22. The molecule has 2 rings (SSSR count). The summed E-state index contributed by atoms with van der Waals surface area (Å²) in [6, 6.07) is 11.5. The van der Waals surface area contributed by atoms with Crippen molar-refractivity contribution in [3.05, 3.63) is 63.6 Å². The van der Waals surface area contributed by atoms with Gasteiger partial charge in [-0.2, -0.15) is 0 Å². The molecule has 0 aliphatic carbocycles. The third kappa shape index (κ3) is 4.79. The van der Waals surface area contributed by atoms with E-state index in [2.05, 4.69) is 5.32 Å². The smallest absolute Gasteiger partial charge is 0.257 e. The first-order chi connectivity index (χ1) is 10.9. The van der Waals surface area contributed by atoms with Crippen LogP contribution in [0.15, 0.2) is 42.5 Å². The average Bonchev–Trinajstić information content (AvgIpc) is 2.46. The lowest BCUT2D eigenvalue weighted by molar-refractivity contribution is 0.0956. The van der Waals surface area contributed by atoms with Crippen LogP contribution in [0.3, 0.4) is 0 Å². The number of nitrogens with one attached hydrogen (secondary N) is 1. The number of rotatable bonds is 5. The molecule has 0 unspecified atom stereocenters. The van der Waals surface area contributed by atoms with E-state index in [0.717, 1.165) is 0 Å². The first kappa shape index (κ1) is 17.5. The van der Waals surface area contributed by atoms with Gasteiger partial charge in [-0.05, 0) is 44.4 Å². The number of amides is 1. The van der Waals surface area contributed by atoms with Crippen molar-refractivity contribution in [3.8, 4) is 0 Å². The van der Waals surface area contributed by atoms with Gasteiger partial charge in [-0.15, -0.1) is 0 Å². The van der Waals surface area contributed by atoms with Crippen molar-refractivity contribution in [2.75, 3.05) is 26.0 Å². The number of anilines is 1. The number of halogens is 2. The van der Waals surface area contributed by atoms with E-state index < -0.39 is 0 Å². The van der Waals surface area contributed by atoms with Crippen LogP contribution in [0.25, 0.3) is 0 Å². The maximum Gasteiger partial charge on any atom is 0.257 e. The predicted molar refractivity (Wildman–Crippen MR) is 93.7 cm³/mol. The lowest BCUT2D eigenvalue weighted by Gasteiger charge is -2.10. The number of hydrogen-bond acceptors (Lipinski definition) is 3. The Labute approximate surface area is 145 Å². The highest BCUT2D eigenvalue weighted by Gasteiger charge is 2.12. The lowest BCUT2D eigenvalue weighted by Crippen LogP contribution is -2.21. The van der Waals surface area contributed by atoms with Crippen LogP contribution in [-0.2, 0) is 0 Å². The number of likely N-dealkylation sites (N-methyl/N-ethyl adjacent to an activating group) is 1. The monoisotopic (exact) mass is 350 g/mol. The standard InChI is InChI=1S/C17H16Cl2N2O2/c1-21(2)10-16(22)11-4-3-5-13(8-11)20-17(23)14-7-6-12(18)9-15(14)19/h3-9H,10H2,1-2H3,(H,20,23). The fraction of sp³-hybridized carbons (Fsp3) is 0.176. The molecule has 0 aliphatic rings. The molecule has 2 aromatic rings. The Morgan fingerprint density at radius 1 is 1.09 bits per heavy atom. The fourth-order valence-electron chi connectivity index (χ4n) is 2.02. The molecule has 0 aromatic heterocycles. The number of Topliss-reactive ketones (excluding diaryl/α,β-unsaturated/α-hetero) is 1. The van der Waals surface area contributed by atoms with Crippen LogP contribution >= 0.6 is 23.2 Å². The van der Waals surface area contributed by atoms with Gasteiger partial charge < -0.3 is 10.2 Å². The van der Waals surface area contributed by atoms with E-state index in [1.165, 1.54) is 6.07 Å². The van der Waals surface area contributed by atoms with Crippen molar-refractivity contribution in [1.29, 1.82) is 0 Å². The molecule has 0 saturated carbocycles. The van der Waals surface area contributed by atoms with Crippen molar-refractivity contribution in [2.45, 2.75) is 0 Å². The van der Waals surface area contributed by atoms with E-state index in [0.29, 0.717) is 28.4 Å². The van der Waals surface area contributed by atoms with Gasteiger partial charge in [-0.3, -0.25) is 9.59 Å². The van der Waals surface area contributed by atoms with Crippen LogP contribution in [-0.4, -0.2) is 37.2 Å². The van der Waals surface area contributed by atoms with Crippen LogP contribution in [0.2, 0.25) is 10.0 Å². The van der Waals surface area contributed by atoms with Gasteiger partial charge in [-0.25, -0.2) is 0 Å². The van der Waals surface area contributed by atoms with E-state index in [1.807, 2.05) is 14.1 Å². The Morgan fingerprint density at radius 2 is 1.83 bits per heavy atom. The third-order valence-electron chi connectivity index (χ3n) is 3.08. The van der Waals surface area contributed by atoms with E-state index in [1.54, 1.807) is 41.3 Å². The molecule has 0 heterocycles. The molecule has 0 saturated heterocycles. The van der Waals surface area contributed by atoms with Gasteiger partial charge in [-0.1, -0.05) is 35.3 Å². The van der Waals surface area contributed by atoms with Gasteiger partial charge in [0.15, 0.2) is 5.78 Å². The van der Waals surface area contributed by atoms with Gasteiger partial charge in [0.1, 0.15) is 0 Å². The normalized spacial score (nSPS) is 10.7. The quantitative estimate of drug-likeness (QED) is 0.829. The molecule has 23 heavy (non-hydrogen) atoms. The van der Waals surface area contributed by atoms with Crippen molar-refractivity contribution in [1.82, 2.24) is 4.90 Å². The Morgan fingerprint density at radius 3 is 2.48 bits per heavy atom. The molecule has 120 valence electrons. The van der Waals surface area contributed by atoms with Crippen LogP contribution in [0.4, 0.5) is 5.69 Å². The fourth-order valence-corrected chi connectivity index (χ4v) is 2.52. The number of ketones is 1. The minimum absolute atomic E-state index is 0.0179. The first-order valence-electron chi connectivity index (χ1n) is 6.91.